The highest BCUT2D eigenvalue weighted by Gasteiger charge is 2.46. The molecule has 3 heterocycles. The molecular weight excluding hydrogens is 336 g/mol. The fourth-order valence-corrected chi connectivity index (χ4v) is 2.63. The van der Waals surface area contributed by atoms with E-state index in [-0.39, 0.29) is 17.0 Å². The van der Waals surface area contributed by atoms with E-state index in [4.69, 9.17) is 20.3 Å². The van der Waals surface area contributed by atoms with Crippen LogP contribution in [0.25, 0.3) is 11.2 Å². The van der Waals surface area contributed by atoms with E-state index in [1.165, 1.54) is 17.2 Å². The first-order chi connectivity index (χ1) is 10.8. The summed E-state index contributed by atoms with van der Waals surface area (Å²) < 4.78 is 35.8. The summed E-state index contributed by atoms with van der Waals surface area (Å²) in [5.74, 6) is 0.101. The van der Waals surface area contributed by atoms with E-state index in [0.717, 1.165) is 0 Å². The third-order valence-corrected chi connectivity index (χ3v) is 3.85. The first kappa shape index (κ1) is 16.2. The quantitative estimate of drug-likeness (QED) is 0.509. The van der Waals surface area contributed by atoms with Crippen LogP contribution in [-0.4, -0.2) is 59.4 Å². The molecule has 11 nitrogen and oxygen atoms in total. The monoisotopic (exact) mass is 349 g/mol. The molecule has 23 heavy (non-hydrogen) atoms. The van der Waals surface area contributed by atoms with Gasteiger partial charge >= 0.3 is 7.82 Å². The number of anilines is 1. The molecule has 4 atom stereocenters. The number of nitrogen functional groups attached to an aromatic ring is 1. The molecular formula is C10H13FN5O6P. The molecule has 3 rings (SSSR count). The number of hydrogen-bond donors (Lipinski definition) is 4. The minimum absolute atomic E-state index is 0.101. The van der Waals surface area contributed by atoms with E-state index in [1.54, 1.807) is 0 Å². The molecule has 0 bridgehead atoms. The summed E-state index contributed by atoms with van der Waals surface area (Å²) in [6.45, 7) is -0.674. The van der Waals surface area contributed by atoms with Crippen LogP contribution in [0.5, 0.6) is 0 Å². The zero-order valence-electron chi connectivity index (χ0n) is 11.4. The molecule has 2 aromatic heterocycles. The SMILES string of the molecule is Nc1ncnc2c1ncn2[C@@H]1O[C@H](COP(=O)(O)O)[C@@H](O)[C@H]1F. The molecule has 0 radical (unpaired) electrons. The van der Waals surface area contributed by atoms with E-state index in [0.29, 0.717) is 0 Å². The number of aromatic nitrogens is 4. The van der Waals surface area contributed by atoms with Gasteiger partial charge in [-0.25, -0.2) is 23.9 Å². The number of phosphoric acid groups is 1. The third kappa shape index (κ3) is 3.04. The fourth-order valence-electron chi connectivity index (χ4n) is 2.29. The van der Waals surface area contributed by atoms with Crippen molar-refractivity contribution in [2.45, 2.75) is 24.6 Å². The van der Waals surface area contributed by atoms with Crippen molar-refractivity contribution in [2.75, 3.05) is 12.3 Å². The Balaban J connectivity index is 1.85. The van der Waals surface area contributed by atoms with E-state index in [9.17, 15) is 14.1 Å². The molecule has 0 aromatic carbocycles. The van der Waals surface area contributed by atoms with E-state index in [1.807, 2.05) is 0 Å². The lowest BCUT2D eigenvalue weighted by Crippen LogP contribution is -2.31. The topological polar surface area (TPSA) is 166 Å². The number of imidazole rings is 1. The lowest BCUT2D eigenvalue weighted by molar-refractivity contribution is -0.0451. The summed E-state index contributed by atoms with van der Waals surface area (Å²) >= 11 is 0. The molecule has 1 aliphatic heterocycles. The van der Waals surface area contributed by atoms with Crippen LogP contribution in [0, 0.1) is 0 Å². The number of halogens is 1. The minimum atomic E-state index is -4.76. The van der Waals surface area contributed by atoms with Crippen LogP contribution in [0.3, 0.4) is 0 Å². The van der Waals surface area contributed by atoms with Crippen molar-refractivity contribution in [3.63, 3.8) is 0 Å². The van der Waals surface area contributed by atoms with Crippen molar-refractivity contribution < 1.29 is 33.1 Å². The van der Waals surface area contributed by atoms with Gasteiger partial charge < -0.3 is 25.4 Å². The van der Waals surface area contributed by atoms with Gasteiger partial charge in [0.25, 0.3) is 0 Å². The van der Waals surface area contributed by atoms with Crippen molar-refractivity contribution in [3.8, 4) is 0 Å². The number of nitrogens with two attached hydrogens (primary N) is 1. The van der Waals surface area contributed by atoms with Gasteiger partial charge in [0.2, 0.25) is 0 Å². The van der Waals surface area contributed by atoms with E-state index < -0.39 is 39.0 Å². The molecule has 0 amide bonds. The second kappa shape index (κ2) is 5.74. The molecule has 1 saturated heterocycles. The number of nitrogens with zero attached hydrogens (tertiary/aromatic N) is 4. The predicted molar refractivity (Wildman–Crippen MR) is 72.5 cm³/mol. The third-order valence-electron chi connectivity index (χ3n) is 3.36. The second-order valence-corrected chi connectivity index (χ2v) is 6.11. The Hall–Kier alpha value is -1.69. The lowest BCUT2D eigenvalue weighted by Gasteiger charge is -2.15. The zero-order valence-corrected chi connectivity index (χ0v) is 12.3. The van der Waals surface area contributed by atoms with Crippen molar-refractivity contribution in [1.82, 2.24) is 19.5 Å². The second-order valence-electron chi connectivity index (χ2n) is 4.87. The van der Waals surface area contributed by atoms with Crippen LogP contribution in [0.2, 0.25) is 0 Å². The average molecular weight is 349 g/mol. The van der Waals surface area contributed by atoms with Crippen LogP contribution >= 0.6 is 7.82 Å². The summed E-state index contributed by atoms with van der Waals surface area (Å²) in [7, 11) is -4.76. The van der Waals surface area contributed by atoms with Gasteiger partial charge in [0.05, 0.1) is 12.9 Å². The Labute approximate surface area is 128 Å². The summed E-state index contributed by atoms with van der Waals surface area (Å²) in [5, 5.41) is 9.83. The van der Waals surface area contributed by atoms with Crippen LogP contribution < -0.4 is 5.73 Å². The number of rotatable bonds is 4. The lowest BCUT2D eigenvalue weighted by atomic mass is 10.1. The van der Waals surface area contributed by atoms with Gasteiger partial charge in [-0.2, -0.15) is 0 Å². The molecule has 0 spiro atoms. The molecule has 0 aliphatic carbocycles. The molecule has 2 aromatic rings. The van der Waals surface area contributed by atoms with Crippen LogP contribution in [0.15, 0.2) is 12.7 Å². The zero-order chi connectivity index (χ0) is 16.8. The van der Waals surface area contributed by atoms with Gasteiger partial charge in [0, 0.05) is 0 Å². The van der Waals surface area contributed by atoms with Gasteiger partial charge in [0.1, 0.15) is 24.1 Å². The van der Waals surface area contributed by atoms with Crippen molar-refractivity contribution in [2.24, 2.45) is 0 Å². The van der Waals surface area contributed by atoms with E-state index in [2.05, 4.69) is 19.5 Å². The van der Waals surface area contributed by atoms with Gasteiger partial charge in [-0.3, -0.25) is 9.09 Å². The predicted octanol–water partition coefficient (Wildman–Crippen LogP) is -0.886. The molecule has 13 heteroatoms. The summed E-state index contributed by atoms with van der Waals surface area (Å²) in [5.41, 5.74) is 6.08. The normalized spacial score (nSPS) is 28.5. The molecule has 1 fully saturated rings. The summed E-state index contributed by atoms with van der Waals surface area (Å²) in [6, 6.07) is 0. The standard InChI is InChI=1S/C10H13FN5O6P/c11-5-7(17)4(1-21-23(18,19)20)22-10(5)16-3-15-6-8(12)13-2-14-9(6)16/h2-5,7,10,17H,1H2,(H2,12,13,14)(H2,18,19,20)/t4-,5-,7-,10-/m1/s1. The molecule has 126 valence electrons. The number of fused-ring (bicyclic) bond motifs is 1. The largest absolute Gasteiger partial charge is 0.469 e. The number of phosphoric ester groups is 1. The van der Waals surface area contributed by atoms with Gasteiger partial charge in [-0.15, -0.1) is 0 Å². The Morgan fingerprint density at radius 2 is 2.17 bits per heavy atom. The maximum Gasteiger partial charge on any atom is 0.469 e. The minimum Gasteiger partial charge on any atom is -0.387 e. The maximum atomic E-state index is 14.3. The van der Waals surface area contributed by atoms with Crippen molar-refractivity contribution in [3.05, 3.63) is 12.7 Å². The highest BCUT2D eigenvalue weighted by Crippen LogP contribution is 2.39. The number of aliphatic hydroxyl groups excluding tert-OH is 1. The average Bonchev–Trinajstić information content (AvgIpc) is 3.01. The number of aliphatic hydroxyl groups is 1. The van der Waals surface area contributed by atoms with Crippen LogP contribution in [-0.2, 0) is 13.8 Å². The number of ether oxygens (including phenoxy) is 1. The summed E-state index contributed by atoms with van der Waals surface area (Å²) in [4.78, 5) is 29.0. The van der Waals surface area contributed by atoms with Crippen LogP contribution in [0.4, 0.5) is 10.2 Å². The Bertz CT molecular complexity index is 767. The highest BCUT2D eigenvalue weighted by atomic mass is 31.2. The van der Waals surface area contributed by atoms with Gasteiger partial charge in [-0.1, -0.05) is 0 Å². The number of hydrogen-bond acceptors (Lipinski definition) is 8. The number of alkyl halides is 1. The first-order valence-electron chi connectivity index (χ1n) is 6.38. The molecule has 0 unspecified atom stereocenters. The van der Waals surface area contributed by atoms with Crippen molar-refractivity contribution >= 4 is 24.8 Å². The Morgan fingerprint density at radius 1 is 1.43 bits per heavy atom. The maximum absolute atomic E-state index is 14.3. The summed E-state index contributed by atoms with van der Waals surface area (Å²) in [6.07, 6.45) is -3.68. The molecule has 1 aliphatic rings. The van der Waals surface area contributed by atoms with Crippen LogP contribution in [0.1, 0.15) is 6.23 Å². The Kier molecular flexibility index (Phi) is 4.04. The molecule has 5 N–H and O–H groups in total. The van der Waals surface area contributed by atoms with Gasteiger partial charge in [0.15, 0.2) is 23.9 Å². The Morgan fingerprint density at radius 3 is 2.87 bits per heavy atom. The van der Waals surface area contributed by atoms with E-state index >= 15 is 0 Å². The fraction of sp³-hybridized carbons (Fsp3) is 0.500. The highest BCUT2D eigenvalue weighted by molar-refractivity contribution is 7.46. The molecule has 0 saturated carbocycles. The smallest absolute Gasteiger partial charge is 0.387 e. The van der Waals surface area contributed by atoms with Crippen molar-refractivity contribution in [1.29, 1.82) is 0 Å². The van der Waals surface area contributed by atoms with Gasteiger partial charge in [-0.05, 0) is 0 Å². The first-order valence-corrected chi connectivity index (χ1v) is 7.91.